The molecule has 4 rings (SSSR count). The molecule has 142 valence electrons. The molecule has 12 heteroatoms. The zero-order valence-electron chi connectivity index (χ0n) is 14.4. The van der Waals surface area contributed by atoms with Gasteiger partial charge in [-0.25, -0.2) is 4.68 Å². The topological polar surface area (TPSA) is 152 Å². The highest BCUT2D eigenvalue weighted by Crippen LogP contribution is 2.35. The van der Waals surface area contributed by atoms with Crippen LogP contribution in [-0.4, -0.2) is 30.0 Å². The van der Waals surface area contributed by atoms with Gasteiger partial charge in [-0.05, 0) is 31.2 Å². The third-order valence-corrected chi connectivity index (χ3v) is 4.85. The fraction of sp³-hybridized carbons (Fsp3) is 0.125. The van der Waals surface area contributed by atoms with E-state index in [0.717, 1.165) is 0 Å². The van der Waals surface area contributed by atoms with E-state index in [1.165, 1.54) is 34.8 Å². The van der Waals surface area contributed by atoms with Crippen molar-refractivity contribution in [3.8, 4) is 23.0 Å². The molecule has 0 saturated carbocycles. The first kappa shape index (κ1) is 17.7. The van der Waals surface area contributed by atoms with Crippen molar-refractivity contribution in [2.75, 3.05) is 5.84 Å². The number of hydrogen-bond donors (Lipinski definition) is 1. The number of nitrogen functional groups attached to an aromatic ring is 1. The summed E-state index contributed by atoms with van der Waals surface area (Å²) in [6, 6.07) is 9.34. The summed E-state index contributed by atoms with van der Waals surface area (Å²) in [5.74, 6) is 7.58. The Labute approximate surface area is 161 Å². The second-order valence-corrected chi connectivity index (χ2v) is 6.97. The van der Waals surface area contributed by atoms with Crippen LogP contribution in [-0.2, 0) is 0 Å². The zero-order valence-corrected chi connectivity index (χ0v) is 15.2. The van der Waals surface area contributed by atoms with Crippen LogP contribution >= 0.6 is 11.8 Å². The Morgan fingerprint density at radius 3 is 2.64 bits per heavy atom. The molecular formula is C16H13N7O4S. The standard InChI is InChI=1S/C16H13N7O4S/c1-9(28-16-21-18-13(22(16)17)12-3-2-8-26-12)14-19-20-15(27-14)10-4-6-11(7-5-10)23(24)25/h2-9H,17H2,1H3. The number of furan rings is 1. The second-order valence-electron chi connectivity index (χ2n) is 5.66. The lowest BCUT2D eigenvalue weighted by Gasteiger charge is -2.06. The van der Waals surface area contributed by atoms with Crippen LogP contribution in [0.25, 0.3) is 23.0 Å². The number of rotatable bonds is 6. The number of thioether (sulfide) groups is 1. The van der Waals surface area contributed by atoms with Crippen LogP contribution in [0.2, 0.25) is 0 Å². The number of non-ortho nitro benzene ring substituents is 1. The van der Waals surface area contributed by atoms with Gasteiger partial charge in [0, 0.05) is 17.7 Å². The van der Waals surface area contributed by atoms with Crippen molar-refractivity contribution in [3.63, 3.8) is 0 Å². The molecule has 0 spiro atoms. The van der Waals surface area contributed by atoms with Gasteiger partial charge in [0.2, 0.25) is 22.8 Å². The quantitative estimate of drug-likeness (QED) is 0.221. The van der Waals surface area contributed by atoms with Gasteiger partial charge in [-0.1, -0.05) is 11.8 Å². The molecule has 28 heavy (non-hydrogen) atoms. The van der Waals surface area contributed by atoms with E-state index in [2.05, 4.69) is 20.4 Å². The highest BCUT2D eigenvalue weighted by Gasteiger charge is 2.21. The molecule has 0 radical (unpaired) electrons. The van der Waals surface area contributed by atoms with Crippen LogP contribution in [0.4, 0.5) is 5.69 Å². The molecule has 0 fully saturated rings. The lowest BCUT2D eigenvalue weighted by Crippen LogP contribution is -2.11. The van der Waals surface area contributed by atoms with Gasteiger partial charge in [0.1, 0.15) is 0 Å². The highest BCUT2D eigenvalue weighted by atomic mass is 32.2. The van der Waals surface area contributed by atoms with Crippen molar-refractivity contribution in [3.05, 3.63) is 58.7 Å². The fourth-order valence-corrected chi connectivity index (χ4v) is 3.18. The summed E-state index contributed by atoms with van der Waals surface area (Å²) in [6.07, 6.45) is 1.53. The van der Waals surface area contributed by atoms with Crippen LogP contribution < -0.4 is 5.84 Å². The molecule has 2 N–H and O–H groups in total. The number of nitrogens with two attached hydrogens (primary N) is 1. The summed E-state index contributed by atoms with van der Waals surface area (Å²) < 4.78 is 12.3. The maximum atomic E-state index is 10.7. The monoisotopic (exact) mass is 399 g/mol. The summed E-state index contributed by atoms with van der Waals surface area (Å²) in [5.41, 5.74) is 0.575. The molecule has 0 amide bonds. The minimum absolute atomic E-state index is 0.0120. The predicted octanol–water partition coefficient (Wildman–Crippen LogP) is 3.06. The van der Waals surface area contributed by atoms with Gasteiger partial charge in [0.15, 0.2) is 5.76 Å². The first-order valence-electron chi connectivity index (χ1n) is 8.02. The Balaban J connectivity index is 1.51. The molecular weight excluding hydrogens is 386 g/mol. The third kappa shape index (κ3) is 3.32. The molecule has 1 atom stereocenters. The highest BCUT2D eigenvalue weighted by molar-refractivity contribution is 7.99. The second kappa shape index (κ2) is 7.15. The molecule has 0 aliphatic heterocycles. The minimum Gasteiger partial charge on any atom is -0.461 e. The van der Waals surface area contributed by atoms with E-state index in [1.807, 2.05) is 6.92 Å². The van der Waals surface area contributed by atoms with E-state index in [0.29, 0.717) is 28.2 Å². The SMILES string of the molecule is CC(Sc1nnc(-c2ccco2)n1N)c1nnc(-c2ccc([N+](=O)[O-])cc2)o1. The van der Waals surface area contributed by atoms with Crippen LogP contribution in [0.3, 0.4) is 0 Å². The molecule has 11 nitrogen and oxygen atoms in total. The van der Waals surface area contributed by atoms with Crippen molar-refractivity contribution in [1.82, 2.24) is 25.1 Å². The van der Waals surface area contributed by atoms with Crippen LogP contribution in [0.5, 0.6) is 0 Å². The number of nitro benzene ring substituents is 1. The van der Waals surface area contributed by atoms with E-state index < -0.39 is 4.92 Å². The largest absolute Gasteiger partial charge is 0.461 e. The van der Waals surface area contributed by atoms with Crippen LogP contribution in [0.15, 0.2) is 56.7 Å². The Bertz CT molecular complexity index is 1100. The number of aromatic nitrogens is 5. The van der Waals surface area contributed by atoms with Crippen LogP contribution in [0.1, 0.15) is 18.1 Å². The van der Waals surface area contributed by atoms with Gasteiger partial charge < -0.3 is 14.7 Å². The smallest absolute Gasteiger partial charge is 0.269 e. The average Bonchev–Trinajstić information content (AvgIpc) is 3.43. The maximum absolute atomic E-state index is 10.7. The molecule has 3 aromatic heterocycles. The maximum Gasteiger partial charge on any atom is 0.269 e. The van der Waals surface area contributed by atoms with Crippen LogP contribution in [0, 0.1) is 10.1 Å². The number of benzene rings is 1. The van der Waals surface area contributed by atoms with Crippen molar-refractivity contribution >= 4 is 17.4 Å². The molecule has 0 bridgehead atoms. The third-order valence-electron chi connectivity index (χ3n) is 3.80. The van der Waals surface area contributed by atoms with Gasteiger partial charge in [0.05, 0.1) is 16.4 Å². The van der Waals surface area contributed by atoms with E-state index in [9.17, 15) is 10.1 Å². The van der Waals surface area contributed by atoms with Gasteiger partial charge in [-0.2, -0.15) is 0 Å². The van der Waals surface area contributed by atoms with Crippen molar-refractivity contribution in [2.45, 2.75) is 17.3 Å². The summed E-state index contributed by atoms with van der Waals surface area (Å²) in [5, 5.41) is 27.1. The molecule has 0 aliphatic carbocycles. The Hall–Kier alpha value is -3.67. The van der Waals surface area contributed by atoms with Crippen molar-refractivity contribution in [2.24, 2.45) is 0 Å². The molecule has 0 aliphatic rings. The summed E-state index contributed by atoms with van der Waals surface area (Å²) in [4.78, 5) is 10.3. The molecule has 1 aromatic carbocycles. The first-order valence-corrected chi connectivity index (χ1v) is 8.90. The van der Waals surface area contributed by atoms with Gasteiger partial charge in [-0.15, -0.1) is 20.4 Å². The van der Waals surface area contributed by atoms with Crippen molar-refractivity contribution < 1.29 is 13.8 Å². The van der Waals surface area contributed by atoms with Gasteiger partial charge >= 0.3 is 0 Å². The lowest BCUT2D eigenvalue weighted by atomic mass is 10.2. The summed E-state index contributed by atoms with van der Waals surface area (Å²) in [7, 11) is 0. The van der Waals surface area contributed by atoms with Gasteiger partial charge in [0.25, 0.3) is 5.69 Å². The Kier molecular flexibility index (Phi) is 4.53. The predicted molar refractivity (Wildman–Crippen MR) is 98.5 cm³/mol. The fourth-order valence-electron chi connectivity index (χ4n) is 2.38. The average molecular weight is 399 g/mol. The summed E-state index contributed by atoms with van der Waals surface area (Å²) >= 11 is 1.29. The van der Waals surface area contributed by atoms with E-state index in [1.54, 1.807) is 24.3 Å². The van der Waals surface area contributed by atoms with E-state index in [-0.39, 0.29) is 16.8 Å². The molecule has 0 saturated heterocycles. The Morgan fingerprint density at radius 2 is 1.96 bits per heavy atom. The van der Waals surface area contributed by atoms with E-state index in [4.69, 9.17) is 14.7 Å². The number of nitrogens with zero attached hydrogens (tertiary/aromatic N) is 6. The van der Waals surface area contributed by atoms with Gasteiger partial charge in [-0.3, -0.25) is 10.1 Å². The van der Waals surface area contributed by atoms with Crippen molar-refractivity contribution in [1.29, 1.82) is 0 Å². The Morgan fingerprint density at radius 1 is 1.18 bits per heavy atom. The molecule has 1 unspecified atom stereocenters. The number of hydrogen-bond acceptors (Lipinski definition) is 10. The van der Waals surface area contributed by atoms with E-state index >= 15 is 0 Å². The normalized spacial score (nSPS) is 12.2. The molecule has 4 aromatic rings. The minimum atomic E-state index is -0.471. The summed E-state index contributed by atoms with van der Waals surface area (Å²) in [6.45, 7) is 1.86. The number of nitro groups is 1. The molecule has 3 heterocycles. The lowest BCUT2D eigenvalue weighted by molar-refractivity contribution is -0.384. The zero-order chi connectivity index (χ0) is 19.7. The first-order chi connectivity index (χ1) is 13.5.